The van der Waals surface area contributed by atoms with E-state index in [2.05, 4.69) is 30.8 Å². The second-order valence-electron chi connectivity index (χ2n) is 2.23. The van der Waals surface area contributed by atoms with Crippen molar-refractivity contribution in [2.45, 2.75) is 13.8 Å². The standard InChI is InChI=1S/C8H16N2/c1-5-10(4)8(2)6-7-9-3/h6-7H,5H2,1-4H3/b8-6+,9-7?. The molecule has 0 unspecified atom stereocenters. The number of rotatable bonds is 3. The van der Waals surface area contributed by atoms with Crippen molar-refractivity contribution in [2.24, 2.45) is 4.99 Å². The third-order valence-corrected chi connectivity index (χ3v) is 1.54. The van der Waals surface area contributed by atoms with E-state index in [1.807, 2.05) is 12.3 Å². The third-order valence-electron chi connectivity index (χ3n) is 1.54. The van der Waals surface area contributed by atoms with Gasteiger partial charge in [-0.1, -0.05) is 0 Å². The van der Waals surface area contributed by atoms with Gasteiger partial charge in [0.1, 0.15) is 0 Å². The van der Waals surface area contributed by atoms with Crippen molar-refractivity contribution in [1.82, 2.24) is 4.90 Å². The van der Waals surface area contributed by atoms with Gasteiger partial charge in [0.25, 0.3) is 0 Å². The second kappa shape index (κ2) is 5.03. The molecule has 2 nitrogen and oxygen atoms in total. The molecule has 0 N–H and O–H groups in total. The first kappa shape index (κ1) is 9.21. The molecule has 2 heteroatoms. The summed E-state index contributed by atoms with van der Waals surface area (Å²) in [6, 6.07) is 0. The van der Waals surface area contributed by atoms with Crippen molar-refractivity contribution >= 4 is 6.21 Å². The number of hydrogen-bond acceptors (Lipinski definition) is 2. The molecule has 0 saturated carbocycles. The highest BCUT2D eigenvalue weighted by Gasteiger charge is 1.90. The van der Waals surface area contributed by atoms with Crippen molar-refractivity contribution < 1.29 is 0 Å². The first-order valence-corrected chi connectivity index (χ1v) is 3.52. The van der Waals surface area contributed by atoms with E-state index in [-0.39, 0.29) is 0 Å². The molecule has 58 valence electrons. The smallest absolute Gasteiger partial charge is 0.0277 e. The molecule has 0 radical (unpaired) electrons. The number of nitrogens with zero attached hydrogens (tertiary/aromatic N) is 2. The van der Waals surface area contributed by atoms with E-state index in [1.165, 1.54) is 5.70 Å². The van der Waals surface area contributed by atoms with Gasteiger partial charge in [0, 0.05) is 32.6 Å². The van der Waals surface area contributed by atoms with Gasteiger partial charge < -0.3 is 4.90 Å². The molecule has 0 aliphatic carbocycles. The minimum atomic E-state index is 1.04. The Bertz CT molecular complexity index is 136. The highest BCUT2D eigenvalue weighted by atomic mass is 15.1. The van der Waals surface area contributed by atoms with Gasteiger partial charge >= 0.3 is 0 Å². The zero-order chi connectivity index (χ0) is 7.98. The molecule has 0 amide bonds. The van der Waals surface area contributed by atoms with Gasteiger partial charge in [-0.2, -0.15) is 0 Å². The van der Waals surface area contributed by atoms with E-state index < -0.39 is 0 Å². The lowest BCUT2D eigenvalue weighted by Gasteiger charge is -2.15. The summed E-state index contributed by atoms with van der Waals surface area (Å²) in [7, 11) is 3.84. The first-order chi connectivity index (χ1) is 4.72. The molecule has 0 heterocycles. The van der Waals surface area contributed by atoms with E-state index in [1.54, 1.807) is 7.05 Å². The Balaban J connectivity index is 3.91. The monoisotopic (exact) mass is 140 g/mol. The fourth-order valence-electron chi connectivity index (χ4n) is 0.559. The predicted molar refractivity (Wildman–Crippen MR) is 46.5 cm³/mol. The SMILES string of the molecule is CCN(C)/C(C)=C/C=NC. The van der Waals surface area contributed by atoms with Crippen LogP contribution in [0.5, 0.6) is 0 Å². The lowest BCUT2D eigenvalue weighted by atomic mass is 10.4. The molecule has 0 aromatic rings. The van der Waals surface area contributed by atoms with Crippen molar-refractivity contribution in [2.75, 3.05) is 20.6 Å². The van der Waals surface area contributed by atoms with Crippen LogP contribution in [0, 0.1) is 0 Å². The average Bonchev–Trinajstić information content (AvgIpc) is 1.98. The highest BCUT2D eigenvalue weighted by Crippen LogP contribution is 1.96. The van der Waals surface area contributed by atoms with Gasteiger partial charge in [0.2, 0.25) is 0 Å². The maximum atomic E-state index is 3.86. The first-order valence-electron chi connectivity index (χ1n) is 3.52. The summed E-state index contributed by atoms with van der Waals surface area (Å²) in [6.45, 7) is 5.24. The van der Waals surface area contributed by atoms with Gasteiger partial charge in [-0.3, -0.25) is 4.99 Å². The minimum Gasteiger partial charge on any atom is -0.378 e. The molecule has 0 aromatic carbocycles. The largest absolute Gasteiger partial charge is 0.378 e. The summed E-state index contributed by atoms with van der Waals surface area (Å²) in [5, 5.41) is 0. The Morgan fingerprint density at radius 1 is 1.60 bits per heavy atom. The molecule has 0 spiro atoms. The molecule has 0 rings (SSSR count). The third kappa shape index (κ3) is 3.28. The normalized spacial score (nSPS) is 12.6. The molecule has 0 aromatic heterocycles. The number of hydrogen-bond donors (Lipinski definition) is 0. The molecule has 10 heavy (non-hydrogen) atoms. The molecule has 0 atom stereocenters. The van der Waals surface area contributed by atoms with E-state index in [4.69, 9.17) is 0 Å². The Hall–Kier alpha value is -0.790. The summed E-state index contributed by atoms with van der Waals surface area (Å²) in [5.41, 5.74) is 1.24. The van der Waals surface area contributed by atoms with Gasteiger partial charge in [-0.25, -0.2) is 0 Å². The Morgan fingerprint density at radius 2 is 2.20 bits per heavy atom. The Kier molecular flexibility index (Phi) is 4.63. The lowest BCUT2D eigenvalue weighted by Crippen LogP contribution is -2.14. The molecule has 0 aliphatic heterocycles. The molecular weight excluding hydrogens is 124 g/mol. The highest BCUT2D eigenvalue weighted by molar-refractivity contribution is 5.71. The summed E-state index contributed by atoms with van der Waals surface area (Å²) in [4.78, 5) is 6.03. The number of aliphatic imine (C=N–C) groups is 1. The van der Waals surface area contributed by atoms with Crippen LogP contribution in [0.1, 0.15) is 13.8 Å². The van der Waals surface area contributed by atoms with Gasteiger partial charge in [0.15, 0.2) is 0 Å². The van der Waals surface area contributed by atoms with Crippen molar-refractivity contribution in [1.29, 1.82) is 0 Å². The van der Waals surface area contributed by atoms with E-state index >= 15 is 0 Å². The van der Waals surface area contributed by atoms with Crippen molar-refractivity contribution in [3.05, 3.63) is 11.8 Å². The van der Waals surface area contributed by atoms with Crippen LogP contribution in [0.4, 0.5) is 0 Å². The topological polar surface area (TPSA) is 15.6 Å². The molecule has 0 fully saturated rings. The van der Waals surface area contributed by atoms with Crippen molar-refractivity contribution in [3.63, 3.8) is 0 Å². The second-order valence-corrected chi connectivity index (χ2v) is 2.23. The van der Waals surface area contributed by atoms with E-state index in [0.29, 0.717) is 0 Å². The molecule has 0 aliphatic rings. The van der Waals surface area contributed by atoms with Crippen LogP contribution in [0.3, 0.4) is 0 Å². The van der Waals surface area contributed by atoms with Crippen LogP contribution in [-0.2, 0) is 0 Å². The van der Waals surface area contributed by atoms with Gasteiger partial charge in [-0.15, -0.1) is 0 Å². The quantitative estimate of drug-likeness (QED) is 0.543. The maximum absolute atomic E-state index is 3.86. The zero-order valence-corrected chi connectivity index (χ0v) is 7.26. The molecule has 0 bridgehead atoms. The van der Waals surface area contributed by atoms with Crippen molar-refractivity contribution in [3.8, 4) is 0 Å². The summed E-state index contributed by atoms with van der Waals surface area (Å²) in [6.07, 6.45) is 3.81. The van der Waals surface area contributed by atoms with E-state index in [0.717, 1.165) is 6.54 Å². The van der Waals surface area contributed by atoms with Crippen LogP contribution in [-0.4, -0.2) is 31.8 Å². The average molecular weight is 140 g/mol. The summed E-state index contributed by atoms with van der Waals surface area (Å²) in [5.74, 6) is 0. The van der Waals surface area contributed by atoms with Crippen LogP contribution >= 0.6 is 0 Å². The predicted octanol–water partition coefficient (Wildman–Crippen LogP) is 1.54. The van der Waals surface area contributed by atoms with Crippen LogP contribution in [0.25, 0.3) is 0 Å². The zero-order valence-electron chi connectivity index (χ0n) is 7.26. The number of allylic oxidation sites excluding steroid dienone is 2. The van der Waals surface area contributed by atoms with Crippen LogP contribution < -0.4 is 0 Å². The van der Waals surface area contributed by atoms with Crippen LogP contribution in [0.2, 0.25) is 0 Å². The summed E-state index contributed by atoms with van der Waals surface area (Å²) >= 11 is 0. The van der Waals surface area contributed by atoms with Crippen LogP contribution in [0.15, 0.2) is 16.8 Å². The van der Waals surface area contributed by atoms with E-state index in [9.17, 15) is 0 Å². The lowest BCUT2D eigenvalue weighted by molar-refractivity contribution is 0.444. The van der Waals surface area contributed by atoms with Gasteiger partial charge in [0.05, 0.1) is 0 Å². The maximum Gasteiger partial charge on any atom is 0.0277 e. The minimum absolute atomic E-state index is 1.04. The Morgan fingerprint density at radius 3 is 2.60 bits per heavy atom. The Labute approximate surface area is 63.3 Å². The molecule has 0 saturated heterocycles. The summed E-state index contributed by atoms with van der Waals surface area (Å²) < 4.78 is 0. The fraction of sp³-hybridized carbons (Fsp3) is 0.625. The fourth-order valence-corrected chi connectivity index (χ4v) is 0.559. The molecular formula is C8H16N2. The van der Waals surface area contributed by atoms with Gasteiger partial charge in [-0.05, 0) is 19.9 Å².